The number of rotatable bonds is 5. The van der Waals surface area contributed by atoms with Crippen LogP contribution in [0.3, 0.4) is 0 Å². The van der Waals surface area contributed by atoms with Crippen molar-refractivity contribution >= 4 is 11.3 Å². The van der Waals surface area contributed by atoms with Crippen molar-refractivity contribution in [3.63, 3.8) is 0 Å². The monoisotopic (exact) mass is 370 g/mol. The second-order valence-electron chi connectivity index (χ2n) is 6.16. The molecule has 4 rings (SSSR count). The van der Waals surface area contributed by atoms with Crippen LogP contribution in [-0.4, -0.2) is 14.3 Å². The maximum absolute atomic E-state index is 10.9. The molecule has 7 nitrogen and oxygen atoms in total. The first-order valence-electron chi connectivity index (χ1n) is 8.48. The van der Waals surface area contributed by atoms with Gasteiger partial charge >= 0.3 is 0 Å². The summed E-state index contributed by atoms with van der Waals surface area (Å²) in [4.78, 5) is 15.0. The molecule has 0 aliphatic rings. The molecular weight excluding hydrogens is 356 g/mol. The smallest absolute Gasteiger partial charge is 0.286 e. The van der Waals surface area contributed by atoms with Gasteiger partial charge < -0.3 is 4.74 Å². The van der Waals surface area contributed by atoms with Gasteiger partial charge in [-0.2, -0.15) is 5.26 Å². The minimum Gasteiger partial charge on any atom is -0.489 e. The van der Waals surface area contributed by atoms with E-state index < -0.39 is 4.92 Å². The van der Waals surface area contributed by atoms with Gasteiger partial charge in [0.25, 0.3) is 5.69 Å². The van der Waals surface area contributed by atoms with E-state index >= 15 is 0 Å². The average molecular weight is 370 g/mol. The number of ether oxygens (including phenoxy) is 1. The maximum Gasteiger partial charge on any atom is 0.286 e. The van der Waals surface area contributed by atoms with Crippen molar-refractivity contribution in [2.75, 3.05) is 0 Å². The Morgan fingerprint density at radius 2 is 1.93 bits per heavy atom. The minimum atomic E-state index is -0.433. The summed E-state index contributed by atoms with van der Waals surface area (Å²) in [5.41, 5.74) is 3.77. The van der Waals surface area contributed by atoms with Gasteiger partial charge in [0, 0.05) is 17.8 Å². The molecule has 2 aromatic heterocycles. The van der Waals surface area contributed by atoms with E-state index in [0.717, 1.165) is 11.1 Å². The summed E-state index contributed by atoms with van der Waals surface area (Å²) in [6, 6.07) is 19.9. The van der Waals surface area contributed by atoms with Crippen molar-refractivity contribution in [1.82, 2.24) is 9.38 Å². The van der Waals surface area contributed by atoms with Crippen LogP contribution in [0.2, 0.25) is 0 Å². The van der Waals surface area contributed by atoms with Crippen LogP contribution in [0.1, 0.15) is 11.1 Å². The summed E-state index contributed by atoms with van der Waals surface area (Å²) in [5, 5.41) is 19.8. The average Bonchev–Trinajstić information content (AvgIpc) is 3.16. The number of nitriles is 1. The first-order valence-corrected chi connectivity index (χ1v) is 8.48. The van der Waals surface area contributed by atoms with Crippen molar-refractivity contribution in [3.8, 4) is 23.1 Å². The molecule has 2 aromatic carbocycles. The Morgan fingerprint density at radius 1 is 1.11 bits per heavy atom. The molecule has 0 unspecified atom stereocenters. The molecule has 4 aromatic rings. The molecule has 0 radical (unpaired) electrons. The van der Waals surface area contributed by atoms with E-state index in [1.807, 2.05) is 36.4 Å². The summed E-state index contributed by atoms with van der Waals surface area (Å²) in [5.74, 6) is 0.700. The Morgan fingerprint density at radius 3 is 2.68 bits per heavy atom. The Bertz CT molecular complexity index is 1210. The van der Waals surface area contributed by atoms with Gasteiger partial charge in [-0.25, -0.2) is 4.98 Å². The fourth-order valence-corrected chi connectivity index (χ4v) is 2.85. The van der Waals surface area contributed by atoms with Gasteiger partial charge in [-0.05, 0) is 48.0 Å². The molecule has 2 heterocycles. The van der Waals surface area contributed by atoms with Crippen LogP contribution in [0.5, 0.6) is 5.75 Å². The fourth-order valence-electron chi connectivity index (χ4n) is 2.85. The third-order valence-corrected chi connectivity index (χ3v) is 4.26. The lowest BCUT2D eigenvalue weighted by Gasteiger charge is -2.07. The van der Waals surface area contributed by atoms with Crippen molar-refractivity contribution in [1.29, 1.82) is 5.26 Å². The molecule has 0 N–H and O–H groups in total. The van der Waals surface area contributed by atoms with Crippen LogP contribution >= 0.6 is 0 Å². The number of hydrogen-bond donors (Lipinski definition) is 0. The maximum atomic E-state index is 10.9. The third-order valence-electron chi connectivity index (χ3n) is 4.26. The Kier molecular flexibility index (Phi) is 4.44. The molecule has 0 bridgehead atoms. The zero-order chi connectivity index (χ0) is 19.5. The van der Waals surface area contributed by atoms with Crippen molar-refractivity contribution in [2.45, 2.75) is 6.61 Å². The number of nitrogens with zero attached hydrogens (tertiary/aromatic N) is 4. The quantitative estimate of drug-likeness (QED) is 0.384. The van der Waals surface area contributed by atoms with Crippen LogP contribution in [0.4, 0.5) is 5.69 Å². The molecule has 0 amide bonds. The van der Waals surface area contributed by atoms with E-state index in [1.165, 1.54) is 12.3 Å². The van der Waals surface area contributed by atoms with Crippen LogP contribution in [-0.2, 0) is 6.61 Å². The van der Waals surface area contributed by atoms with E-state index in [0.29, 0.717) is 29.3 Å². The third kappa shape index (κ3) is 3.52. The lowest BCUT2D eigenvalue weighted by molar-refractivity contribution is -0.385. The normalized spacial score (nSPS) is 10.5. The highest BCUT2D eigenvalue weighted by Crippen LogP contribution is 2.24. The summed E-state index contributed by atoms with van der Waals surface area (Å²) in [6.07, 6.45) is 3.20. The van der Waals surface area contributed by atoms with Gasteiger partial charge in [0.05, 0.1) is 28.4 Å². The highest BCUT2D eigenvalue weighted by atomic mass is 16.6. The summed E-state index contributed by atoms with van der Waals surface area (Å²) in [7, 11) is 0. The number of benzene rings is 2. The molecule has 136 valence electrons. The van der Waals surface area contributed by atoms with Gasteiger partial charge in [-0.1, -0.05) is 12.1 Å². The number of nitro groups is 1. The standard InChI is InChI=1S/C21H14N4O3/c22-11-15-2-1-3-16(10-15)14-28-19-7-4-17(5-8-19)20-13-24-12-18(25(26)27)6-9-21(24)23-20/h1-10,12-13H,14H2. The minimum absolute atomic E-state index is 0.0145. The van der Waals surface area contributed by atoms with Gasteiger partial charge in [0.15, 0.2) is 0 Å². The Balaban J connectivity index is 1.50. The van der Waals surface area contributed by atoms with Crippen LogP contribution in [0.25, 0.3) is 16.9 Å². The van der Waals surface area contributed by atoms with E-state index in [9.17, 15) is 10.1 Å². The molecule has 0 atom stereocenters. The SMILES string of the molecule is N#Cc1cccc(COc2ccc(-c3cn4cc([N+](=O)[O-])ccc4n3)cc2)c1. The largest absolute Gasteiger partial charge is 0.489 e. The lowest BCUT2D eigenvalue weighted by Crippen LogP contribution is -1.95. The number of imidazole rings is 1. The topological polar surface area (TPSA) is 93.5 Å². The molecule has 0 aliphatic heterocycles. The zero-order valence-corrected chi connectivity index (χ0v) is 14.6. The van der Waals surface area contributed by atoms with Crippen molar-refractivity contribution in [2.24, 2.45) is 0 Å². The summed E-state index contributed by atoms with van der Waals surface area (Å²) in [6.45, 7) is 0.368. The van der Waals surface area contributed by atoms with E-state index in [4.69, 9.17) is 10.00 Å². The lowest BCUT2D eigenvalue weighted by atomic mass is 10.1. The molecule has 7 heteroatoms. The molecule has 0 saturated carbocycles. The van der Waals surface area contributed by atoms with Crippen LogP contribution in [0.15, 0.2) is 73.1 Å². The van der Waals surface area contributed by atoms with Gasteiger partial charge in [0.2, 0.25) is 0 Å². The molecule has 0 aliphatic carbocycles. The second kappa shape index (κ2) is 7.21. The fraction of sp³-hybridized carbons (Fsp3) is 0.0476. The van der Waals surface area contributed by atoms with Gasteiger partial charge in [-0.15, -0.1) is 0 Å². The van der Waals surface area contributed by atoms with Gasteiger partial charge in [-0.3, -0.25) is 14.5 Å². The first kappa shape index (κ1) is 17.2. The predicted octanol–water partition coefficient (Wildman–Crippen LogP) is 4.36. The molecule has 0 saturated heterocycles. The number of hydrogen-bond acceptors (Lipinski definition) is 5. The van der Waals surface area contributed by atoms with E-state index in [2.05, 4.69) is 11.1 Å². The molecule has 0 fully saturated rings. The Labute approximate surface area is 160 Å². The zero-order valence-electron chi connectivity index (χ0n) is 14.6. The highest BCUT2D eigenvalue weighted by molar-refractivity contribution is 5.63. The molecular formula is C21H14N4O3. The number of fused-ring (bicyclic) bond motifs is 1. The van der Waals surface area contributed by atoms with E-state index in [1.54, 1.807) is 28.8 Å². The second-order valence-corrected chi connectivity index (χ2v) is 6.16. The van der Waals surface area contributed by atoms with Crippen molar-refractivity contribution in [3.05, 3.63) is 94.3 Å². The van der Waals surface area contributed by atoms with Crippen LogP contribution in [0, 0.1) is 21.4 Å². The highest BCUT2D eigenvalue weighted by Gasteiger charge is 2.10. The summed E-state index contributed by atoms with van der Waals surface area (Å²) < 4.78 is 7.41. The van der Waals surface area contributed by atoms with Crippen LogP contribution < -0.4 is 4.74 Å². The van der Waals surface area contributed by atoms with Crippen molar-refractivity contribution < 1.29 is 9.66 Å². The summed E-state index contributed by atoms with van der Waals surface area (Å²) >= 11 is 0. The predicted molar refractivity (Wildman–Crippen MR) is 103 cm³/mol. The molecule has 0 spiro atoms. The number of pyridine rings is 1. The first-order chi connectivity index (χ1) is 13.6. The Hall–Kier alpha value is -4.18. The van der Waals surface area contributed by atoms with Gasteiger partial charge in [0.1, 0.15) is 18.0 Å². The number of aromatic nitrogens is 2. The molecule has 28 heavy (non-hydrogen) atoms. The van der Waals surface area contributed by atoms with E-state index in [-0.39, 0.29) is 5.69 Å².